The molecule has 4 aromatic rings. The van der Waals surface area contributed by atoms with E-state index < -0.39 is 0 Å². The van der Waals surface area contributed by atoms with Crippen LogP contribution in [0.5, 0.6) is 5.75 Å². The van der Waals surface area contributed by atoms with Crippen molar-refractivity contribution in [1.29, 1.82) is 0 Å². The summed E-state index contributed by atoms with van der Waals surface area (Å²) in [6, 6.07) is 24.9. The predicted octanol–water partition coefficient (Wildman–Crippen LogP) is 5.78. The van der Waals surface area contributed by atoms with E-state index in [1.54, 1.807) is 0 Å². The Bertz CT molecular complexity index is 1100. The molecule has 3 N–H and O–H groups in total. The number of nitrogen functional groups attached to an aromatic ring is 1. The normalized spacial score (nSPS) is 11.2. The van der Waals surface area contributed by atoms with E-state index in [-0.39, 0.29) is 6.61 Å². The summed E-state index contributed by atoms with van der Waals surface area (Å²) in [6.45, 7) is 0.851. The number of hydrogen-bond acceptors (Lipinski definition) is 3. The van der Waals surface area contributed by atoms with Crippen molar-refractivity contribution in [3.05, 3.63) is 72.8 Å². The van der Waals surface area contributed by atoms with Crippen molar-refractivity contribution in [1.82, 2.24) is 0 Å². The summed E-state index contributed by atoms with van der Waals surface area (Å²) >= 11 is 0. The van der Waals surface area contributed by atoms with Gasteiger partial charge in [0.2, 0.25) is 0 Å². The fraction of sp³-hybridized carbons (Fsp3) is 0.200. The summed E-state index contributed by atoms with van der Waals surface area (Å²) in [6.07, 6.45) is 2.68. The maximum Gasteiger partial charge on any atom is 0.127 e. The number of aliphatic hydroxyl groups excluding tert-OH is 1. The standard InChI is InChI=1S/C25H25NO2/c26-22-14-12-18-8-2-4-10-20(18)24(22)25-21-11-5-3-9-19(21)13-15-23(25)28-17-7-1-6-16-27/h2-5,8-15,27H,1,6-7,16-17,26H2. The molecular formula is C25H25NO2. The van der Waals surface area contributed by atoms with Gasteiger partial charge in [0.05, 0.1) is 6.61 Å². The molecule has 28 heavy (non-hydrogen) atoms. The third kappa shape index (κ3) is 3.54. The molecule has 0 saturated carbocycles. The molecule has 0 aliphatic rings. The van der Waals surface area contributed by atoms with E-state index in [4.69, 9.17) is 15.6 Å². The lowest BCUT2D eigenvalue weighted by molar-refractivity contribution is 0.266. The lowest BCUT2D eigenvalue weighted by atomic mass is 9.92. The molecule has 0 aromatic heterocycles. The number of anilines is 1. The summed E-state index contributed by atoms with van der Waals surface area (Å²) in [5, 5.41) is 13.6. The molecule has 0 unspecified atom stereocenters. The van der Waals surface area contributed by atoms with Crippen molar-refractivity contribution in [2.24, 2.45) is 0 Å². The molecule has 0 atom stereocenters. The zero-order valence-electron chi connectivity index (χ0n) is 15.9. The number of ether oxygens (including phenoxy) is 1. The van der Waals surface area contributed by atoms with E-state index in [2.05, 4.69) is 42.5 Å². The van der Waals surface area contributed by atoms with Crippen LogP contribution in [0.25, 0.3) is 32.7 Å². The van der Waals surface area contributed by atoms with E-state index >= 15 is 0 Å². The monoisotopic (exact) mass is 371 g/mol. The Morgan fingerprint density at radius 3 is 2.04 bits per heavy atom. The van der Waals surface area contributed by atoms with Gasteiger partial charge in [-0.05, 0) is 52.9 Å². The quantitative estimate of drug-likeness (QED) is 0.320. The van der Waals surface area contributed by atoms with Crippen LogP contribution in [-0.4, -0.2) is 18.3 Å². The van der Waals surface area contributed by atoms with Crippen LogP contribution in [0.15, 0.2) is 72.8 Å². The third-order valence-electron chi connectivity index (χ3n) is 5.16. The molecule has 0 spiro atoms. The second-order valence-corrected chi connectivity index (χ2v) is 7.04. The smallest absolute Gasteiger partial charge is 0.127 e. The maximum atomic E-state index is 8.97. The SMILES string of the molecule is Nc1ccc2ccccc2c1-c1c(OCCCCCO)ccc2ccccc12. The maximum absolute atomic E-state index is 8.97. The molecule has 142 valence electrons. The second-order valence-electron chi connectivity index (χ2n) is 7.04. The molecule has 3 heteroatoms. The van der Waals surface area contributed by atoms with Crippen LogP contribution < -0.4 is 10.5 Å². The van der Waals surface area contributed by atoms with E-state index in [9.17, 15) is 0 Å². The van der Waals surface area contributed by atoms with Crippen molar-refractivity contribution >= 4 is 27.2 Å². The van der Waals surface area contributed by atoms with E-state index in [1.165, 1.54) is 0 Å². The molecule has 3 nitrogen and oxygen atoms in total. The van der Waals surface area contributed by atoms with E-state index in [1.807, 2.05) is 30.3 Å². The Morgan fingerprint density at radius 2 is 1.32 bits per heavy atom. The number of nitrogens with two attached hydrogens (primary N) is 1. The minimum absolute atomic E-state index is 0.230. The molecule has 0 radical (unpaired) electrons. The third-order valence-corrected chi connectivity index (χ3v) is 5.16. The molecule has 4 rings (SSSR count). The van der Waals surface area contributed by atoms with Gasteiger partial charge < -0.3 is 15.6 Å². The Kier molecular flexibility index (Phi) is 5.45. The average Bonchev–Trinajstić information content (AvgIpc) is 2.74. The summed E-state index contributed by atoms with van der Waals surface area (Å²) in [5.74, 6) is 0.853. The molecular weight excluding hydrogens is 346 g/mol. The minimum atomic E-state index is 0.230. The first-order valence-electron chi connectivity index (χ1n) is 9.82. The second kappa shape index (κ2) is 8.32. The van der Waals surface area contributed by atoms with Crippen LogP contribution in [0.4, 0.5) is 5.69 Å². The Hall–Kier alpha value is -3.04. The lowest BCUT2D eigenvalue weighted by Gasteiger charge is -2.18. The summed E-state index contributed by atoms with van der Waals surface area (Å²) in [4.78, 5) is 0. The van der Waals surface area contributed by atoms with Gasteiger partial charge in [-0.2, -0.15) is 0 Å². The number of hydrogen-bond donors (Lipinski definition) is 2. The highest BCUT2D eigenvalue weighted by molar-refractivity contribution is 6.11. The lowest BCUT2D eigenvalue weighted by Crippen LogP contribution is -2.01. The number of benzene rings is 4. The number of fused-ring (bicyclic) bond motifs is 2. The minimum Gasteiger partial charge on any atom is -0.493 e. The van der Waals surface area contributed by atoms with Crippen molar-refractivity contribution in [2.75, 3.05) is 18.9 Å². The largest absolute Gasteiger partial charge is 0.493 e. The van der Waals surface area contributed by atoms with Gasteiger partial charge in [-0.1, -0.05) is 60.7 Å². The molecule has 0 aliphatic carbocycles. The van der Waals surface area contributed by atoms with Gasteiger partial charge >= 0.3 is 0 Å². The van der Waals surface area contributed by atoms with Crippen LogP contribution >= 0.6 is 0 Å². The molecule has 0 fully saturated rings. The highest BCUT2D eigenvalue weighted by atomic mass is 16.5. The van der Waals surface area contributed by atoms with Crippen LogP contribution in [0.2, 0.25) is 0 Å². The Labute approximate surface area is 165 Å². The van der Waals surface area contributed by atoms with Gasteiger partial charge in [-0.25, -0.2) is 0 Å². The summed E-state index contributed by atoms with van der Waals surface area (Å²) < 4.78 is 6.21. The van der Waals surface area contributed by atoms with Gasteiger partial charge in [0, 0.05) is 23.4 Å². The summed E-state index contributed by atoms with van der Waals surface area (Å²) in [5.41, 5.74) is 9.32. The molecule has 0 saturated heterocycles. The molecule has 0 bridgehead atoms. The average molecular weight is 371 g/mol. The van der Waals surface area contributed by atoms with Crippen molar-refractivity contribution in [2.45, 2.75) is 19.3 Å². The van der Waals surface area contributed by atoms with Gasteiger partial charge in [0.15, 0.2) is 0 Å². The predicted molar refractivity (Wildman–Crippen MR) is 118 cm³/mol. The number of unbranched alkanes of at least 4 members (excludes halogenated alkanes) is 2. The fourth-order valence-electron chi connectivity index (χ4n) is 3.77. The Balaban J connectivity index is 1.87. The van der Waals surface area contributed by atoms with Crippen molar-refractivity contribution < 1.29 is 9.84 Å². The van der Waals surface area contributed by atoms with Crippen LogP contribution in [0.3, 0.4) is 0 Å². The van der Waals surface area contributed by atoms with Crippen molar-refractivity contribution in [3.8, 4) is 16.9 Å². The molecule has 0 heterocycles. The fourth-order valence-corrected chi connectivity index (χ4v) is 3.77. The first-order chi connectivity index (χ1) is 13.8. The van der Waals surface area contributed by atoms with Crippen molar-refractivity contribution in [3.63, 3.8) is 0 Å². The first kappa shape index (κ1) is 18.3. The Morgan fingerprint density at radius 1 is 0.679 bits per heavy atom. The topological polar surface area (TPSA) is 55.5 Å². The highest BCUT2D eigenvalue weighted by Gasteiger charge is 2.16. The van der Waals surface area contributed by atoms with Crippen LogP contribution in [0, 0.1) is 0 Å². The highest BCUT2D eigenvalue weighted by Crippen LogP contribution is 2.43. The molecule has 4 aromatic carbocycles. The zero-order valence-corrected chi connectivity index (χ0v) is 15.9. The molecule has 0 amide bonds. The van der Waals surface area contributed by atoms with Gasteiger partial charge in [0.25, 0.3) is 0 Å². The molecule has 0 aliphatic heterocycles. The van der Waals surface area contributed by atoms with Gasteiger partial charge in [0.1, 0.15) is 5.75 Å². The number of rotatable bonds is 7. The van der Waals surface area contributed by atoms with Gasteiger partial charge in [-0.15, -0.1) is 0 Å². The van der Waals surface area contributed by atoms with E-state index in [0.29, 0.717) is 6.61 Å². The first-order valence-corrected chi connectivity index (χ1v) is 9.82. The van der Waals surface area contributed by atoms with Crippen LogP contribution in [0.1, 0.15) is 19.3 Å². The zero-order chi connectivity index (χ0) is 19.3. The van der Waals surface area contributed by atoms with Crippen LogP contribution in [-0.2, 0) is 0 Å². The number of aliphatic hydroxyl groups is 1. The summed E-state index contributed by atoms with van der Waals surface area (Å²) in [7, 11) is 0. The van der Waals surface area contributed by atoms with Gasteiger partial charge in [-0.3, -0.25) is 0 Å². The van der Waals surface area contributed by atoms with E-state index in [0.717, 1.165) is 63.4 Å².